The minimum atomic E-state index is -0.618. The maximum Gasteiger partial charge on any atom is 0.294 e. The van der Waals surface area contributed by atoms with Crippen molar-refractivity contribution in [2.45, 2.75) is 13.5 Å². The number of hydrazine groups is 1. The van der Waals surface area contributed by atoms with Crippen LogP contribution in [0, 0.1) is 17.0 Å². The summed E-state index contributed by atoms with van der Waals surface area (Å²) in [7, 11) is 0. The highest BCUT2D eigenvalue weighted by Crippen LogP contribution is 2.27. The minimum absolute atomic E-state index is 0.0451. The summed E-state index contributed by atoms with van der Waals surface area (Å²) in [6, 6.07) is 5.78. The van der Waals surface area contributed by atoms with E-state index in [2.05, 4.69) is 15.9 Å². The summed E-state index contributed by atoms with van der Waals surface area (Å²) in [4.78, 5) is 22.4. The van der Waals surface area contributed by atoms with E-state index in [1.807, 2.05) is 0 Å². The Kier molecular flexibility index (Phi) is 4.14. The monoisotopic (exact) mass is 291 g/mol. The van der Waals surface area contributed by atoms with Gasteiger partial charge in [0.25, 0.3) is 11.6 Å². The number of carbonyl (C=O) groups excluding carboxylic acids is 1. The fourth-order valence-electron chi connectivity index (χ4n) is 1.80. The summed E-state index contributed by atoms with van der Waals surface area (Å²) < 4.78 is 4.88. The van der Waals surface area contributed by atoms with Gasteiger partial charge in [-0.25, -0.2) is 0 Å². The number of nitrogen functional groups attached to an aromatic ring is 1. The maximum atomic E-state index is 12.1. The lowest BCUT2D eigenvalue weighted by Gasteiger charge is -2.09. The first-order chi connectivity index (χ1) is 10.0. The Bertz CT molecular complexity index is 682. The normalized spacial score (nSPS) is 10.2. The van der Waals surface area contributed by atoms with Gasteiger partial charge in [-0.3, -0.25) is 20.8 Å². The quantitative estimate of drug-likeness (QED) is 0.426. The zero-order valence-electron chi connectivity index (χ0n) is 11.1. The number of rotatable bonds is 5. The van der Waals surface area contributed by atoms with Crippen LogP contribution < -0.4 is 16.6 Å². The molecule has 0 fully saturated rings. The molecule has 9 nitrogen and oxygen atoms in total. The predicted molar refractivity (Wildman–Crippen MR) is 73.3 cm³/mol. The van der Waals surface area contributed by atoms with Crippen LogP contribution in [0.15, 0.2) is 28.8 Å². The molecule has 2 aromatic rings. The number of para-hydroxylation sites is 1. The van der Waals surface area contributed by atoms with E-state index in [0.29, 0.717) is 11.5 Å². The number of nitro groups is 1. The second-order valence-electron chi connectivity index (χ2n) is 4.21. The van der Waals surface area contributed by atoms with Gasteiger partial charge in [-0.2, -0.15) is 0 Å². The molecule has 1 aromatic carbocycles. The van der Waals surface area contributed by atoms with Crippen LogP contribution in [0.1, 0.15) is 21.8 Å². The lowest BCUT2D eigenvalue weighted by molar-refractivity contribution is -0.384. The van der Waals surface area contributed by atoms with Crippen molar-refractivity contribution in [3.63, 3.8) is 0 Å². The van der Waals surface area contributed by atoms with Crippen LogP contribution in [-0.2, 0) is 6.54 Å². The van der Waals surface area contributed by atoms with Crippen LogP contribution in [-0.4, -0.2) is 16.0 Å². The number of hydrogen-bond donors (Lipinski definition) is 3. The first-order valence-electron chi connectivity index (χ1n) is 5.97. The molecule has 0 atom stereocenters. The number of anilines is 1. The molecule has 0 spiro atoms. The summed E-state index contributed by atoms with van der Waals surface area (Å²) in [5, 5.41) is 17.2. The van der Waals surface area contributed by atoms with E-state index in [1.165, 1.54) is 18.2 Å². The van der Waals surface area contributed by atoms with Crippen LogP contribution in [0.3, 0.4) is 0 Å². The fraction of sp³-hybridized carbons (Fsp3) is 0.167. The average molecular weight is 291 g/mol. The highest BCUT2D eigenvalue weighted by Gasteiger charge is 2.20. The topological polar surface area (TPSA) is 136 Å². The minimum Gasteiger partial charge on any atom is -0.361 e. The third-order valence-corrected chi connectivity index (χ3v) is 2.73. The number of nitrogens with two attached hydrogens (primary N) is 1. The Balaban J connectivity index is 2.19. The zero-order chi connectivity index (χ0) is 15.4. The Morgan fingerprint density at radius 3 is 2.86 bits per heavy atom. The molecule has 0 saturated carbocycles. The molecule has 21 heavy (non-hydrogen) atoms. The molecule has 2 rings (SSSR count). The number of nitrogens with zero attached hydrogens (tertiary/aromatic N) is 2. The van der Waals surface area contributed by atoms with E-state index in [-0.39, 0.29) is 23.5 Å². The van der Waals surface area contributed by atoms with Crippen LogP contribution >= 0.6 is 0 Å². The van der Waals surface area contributed by atoms with E-state index < -0.39 is 10.8 Å². The van der Waals surface area contributed by atoms with Crippen LogP contribution in [0.2, 0.25) is 0 Å². The van der Waals surface area contributed by atoms with Gasteiger partial charge in [-0.1, -0.05) is 11.2 Å². The highest BCUT2D eigenvalue weighted by atomic mass is 16.6. The molecule has 4 N–H and O–H groups in total. The number of aromatic nitrogens is 1. The third kappa shape index (κ3) is 3.15. The van der Waals surface area contributed by atoms with E-state index in [1.54, 1.807) is 13.0 Å². The second-order valence-corrected chi connectivity index (χ2v) is 4.21. The van der Waals surface area contributed by atoms with Crippen LogP contribution in [0.5, 0.6) is 0 Å². The number of hydrogen-bond acceptors (Lipinski definition) is 7. The number of carbonyl (C=O) groups is 1. The van der Waals surface area contributed by atoms with Gasteiger partial charge in [0.2, 0.25) is 0 Å². The van der Waals surface area contributed by atoms with E-state index in [4.69, 9.17) is 10.4 Å². The Morgan fingerprint density at radius 2 is 2.29 bits per heavy atom. The third-order valence-electron chi connectivity index (χ3n) is 2.73. The molecule has 0 aliphatic rings. The molecular formula is C12H13N5O4. The SMILES string of the molecule is Cc1cc(CNC(=O)c2cccc([N+](=O)[O-])c2NN)no1. The van der Waals surface area contributed by atoms with Crippen molar-refractivity contribution >= 4 is 17.3 Å². The molecular weight excluding hydrogens is 278 g/mol. The maximum absolute atomic E-state index is 12.1. The number of benzene rings is 1. The molecule has 0 saturated heterocycles. The van der Waals surface area contributed by atoms with Gasteiger partial charge in [-0.05, 0) is 13.0 Å². The largest absolute Gasteiger partial charge is 0.361 e. The standard InChI is InChI=1S/C12H13N5O4/c1-7-5-8(16-21-7)6-14-12(18)9-3-2-4-10(17(19)20)11(9)15-13/h2-5,15H,6,13H2,1H3,(H,14,18). The first kappa shape index (κ1) is 14.5. The summed E-state index contributed by atoms with van der Waals surface area (Å²) in [5.41, 5.74) is 2.50. The van der Waals surface area contributed by atoms with Crippen molar-refractivity contribution in [2.75, 3.05) is 5.43 Å². The summed E-state index contributed by atoms with van der Waals surface area (Å²) >= 11 is 0. The lowest BCUT2D eigenvalue weighted by Crippen LogP contribution is -2.25. The van der Waals surface area contributed by atoms with E-state index in [9.17, 15) is 14.9 Å². The highest BCUT2D eigenvalue weighted by molar-refractivity contribution is 6.01. The fourth-order valence-corrected chi connectivity index (χ4v) is 1.80. The van der Waals surface area contributed by atoms with E-state index in [0.717, 1.165) is 0 Å². The number of aryl methyl sites for hydroxylation is 1. The van der Waals surface area contributed by atoms with Crippen molar-refractivity contribution in [1.82, 2.24) is 10.5 Å². The number of amides is 1. The van der Waals surface area contributed by atoms with Gasteiger partial charge in [0.05, 0.1) is 17.0 Å². The van der Waals surface area contributed by atoms with Crippen molar-refractivity contribution in [1.29, 1.82) is 0 Å². The Labute approximate surface area is 119 Å². The molecule has 0 radical (unpaired) electrons. The Morgan fingerprint density at radius 1 is 1.52 bits per heavy atom. The van der Waals surface area contributed by atoms with Crippen molar-refractivity contribution in [3.8, 4) is 0 Å². The summed E-state index contributed by atoms with van der Waals surface area (Å²) in [6.07, 6.45) is 0. The lowest BCUT2D eigenvalue weighted by atomic mass is 10.1. The molecule has 9 heteroatoms. The molecule has 1 heterocycles. The Hall–Kier alpha value is -2.94. The van der Waals surface area contributed by atoms with Crippen molar-refractivity contribution in [2.24, 2.45) is 5.84 Å². The summed E-state index contributed by atoms with van der Waals surface area (Å²) in [5.74, 6) is 5.39. The molecule has 110 valence electrons. The van der Waals surface area contributed by atoms with Gasteiger partial charge >= 0.3 is 0 Å². The van der Waals surface area contributed by atoms with Gasteiger partial charge in [0.15, 0.2) is 0 Å². The molecule has 1 aromatic heterocycles. The number of nitrogens with one attached hydrogen (secondary N) is 2. The molecule has 0 bridgehead atoms. The van der Waals surface area contributed by atoms with Crippen molar-refractivity contribution < 1.29 is 14.2 Å². The molecule has 0 aliphatic carbocycles. The van der Waals surface area contributed by atoms with Gasteiger partial charge in [-0.15, -0.1) is 0 Å². The van der Waals surface area contributed by atoms with Crippen molar-refractivity contribution in [3.05, 3.63) is 51.4 Å². The van der Waals surface area contributed by atoms with E-state index >= 15 is 0 Å². The first-order valence-corrected chi connectivity index (χ1v) is 5.97. The molecule has 1 amide bonds. The predicted octanol–water partition coefficient (Wildman–Crippen LogP) is 1.11. The zero-order valence-corrected chi connectivity index (χ0v) is 11.1. The van der Waals surface area contributed by atoms with Crippen LogP contribution in [0.25, 0.3) is 0 Å². The van der Waals surface area contributed by atoms with Crippen LogP contribution in [0.4, 0.5) is 11.4 Å². The average Bonchev–Trinajstić information content (AvgIpc) is 2.89. The second kappa shape index (κ2) is 6.01. The summed E-state index contributed by atoms with van der Waals surface area (Å²) in [6.45, 7) is 1.87. The molecule has 0 aliphatic heterocycles. The van der Waals surface area contributed by atoms with Gasteiger partial charge < -0.3 is 15.3 Å². The van der Waals surface area contributed by atoms with Gasteiger partial charge in [0.1, 0.15) is 17.1 Å². The van der Waals surface area contributed by atoms with Gasteiger partial charge in [0, 0.05) is 12.1 Å². The smallest absolute Gasteiger partial charge is 0.294 e. The number of nitro benzene ring substituents is 1. The molecule has 0 unspecified atom stereocenters.